The first-order chi connectivity index (χ1) is 13.8. The van der Waals surface area contributed by atoms with Gasteiger partial charge in [0.15, 0.2) is 0 Å². The predicted octanol–water partition coefficient (Wildman–Crippen LogP) is 5.55. The number of ether oxygens (including phenoxy) is 1. The molecule has 10 heteroatoms. The highest BCUT2D eigenvalue weighted by molar-refractivity contribution is 5.93. The van der Waals surface area contributed by atoms with Crippen molar-refractivity contribution >= 4 is 10.9 Å². The van der Waals surface area contributed by atoms with Gasteiger partial charge < -0.3 is 14.2 Å². The lowest BCUT2D eigenvalue weighted by molar-refractivity contribution is -0.139. The van der Waals surface area contributed by atoms with E-state index in [1.54, 1.807) is 18.3 Å². The molecule has 0 bridgehead atoms. The largest absolute Gasteiger partial charge is 0.487 e. The predicted molar refractivity (Wildman–Crippen MR) is 93.5 cm³/mol. The first-order valence-corrected chi connectivity index (χ1v) is 8.35. The van der Waals surface area contributed by atoms with E-state index in [9.17, 15) is 22.0 Å². The molecule has 0 aliphatic rings. The smallest absolute Gasteiger partial charge is 0.419 e. The Morgan fingerprint density at radius 2 is 1.93 bits per heavy atom. The summed E-state index contributed by atoms with van der Waals surface area (Å²) in [4.78, 5) is 7.23. The maximum atomic E-state index is 13.3. The van der Waals surface area contributed by atoms with Crippen LogP contribution in [-0.2, 0) is 6.18 Å². The van der Waals surface area contributed by atoms with Gasteiger partial charge in [0.25, 0.3) is 12.3 Å². The highest BCUT2D eigenvalue weighted by Gasteiger charge is 2.35. The Kier molecular flexibility index (Phi) is 4.69. The molecule has 0 atom stereocenters. The second-order valence-electron chi connectivity index (χ2n) is 6.08. The van der Waals surface area contributed by atoms with E-state index in [-0.39, 0.29) is 17.3 Å². The summed E-state index contributed by atoms with van der Waals surface area (Å²) >= 11 is 0. The Balaban J connectivity index is 1.71. The van der Waals surface area contributed by atoms with Gasteiger partial charge in [0, 0.05) is 28.2 Å². The number of halogens is 5. The maximum Gasteiger partial charge on any atom is 0.419 e. The number of nitrogens with zero attached hydrogens (tertiary/aromatic N) is 2. The maximum absolute atomic E-state index is 13.3. The highest BCUT2D eigenvalue weighted by Crippen LogP contribution is 2.39. The molecule has 2 heterocycles. The SMILES string of the molecule is FC(F)COc1ccc(-c2nc(-c3cccc4[nH]ccc34)no2)cc1C(F)(F)F. The number of nitrogens with one attached hydrogen (secondary N) is 1. The van der Waals surface area contributed by atoms with Crippen molar-refractivity contribution in [2.45, 2.75) is 12.6 Å². The van der Waals surface area contributed by atoms with E-state index in [4.69, 9.17) is 4.52 Å². The van der Waals surface area contributed by atoms with Crippen molar-refractivity contribution in [3.05, 3.63) is 54.2 Å². The van der Waals surface area contributed by atoms with Crippen LogP contribution in [0.15, 0.2) is 53.2 Å². The van der Waals surface area contributed by atoms with Gasteiger partial charge in [-0.15, -0.1) is 0 Å². The van der Waals surface area contributed by atoms with Crippen LogP contribution in [0.2, 0.25) is 0 Å². The van der Waals surface area contributed by atoms with Crippen LogP contribution in [0.1, 0.15) is 5.56 Å². The van der Waals surface area contributed by atoms with E-state index < -0.39 is 30.5 Å². The third-order valence-electron chi connectivity index (χ3n) is 4.16. The normalized spacial score (nSPS) is 12.1. The molecule has 29 heavy (non-hydrogen) atoms. The molecule has 0 amide bonds. The summed E-state index contributed by atoms with van der Waals surface area (Å²) < 4.78 is 74.4. The molecule has 0 spiro atoms. The zero-order chi connectivity index (χ0) is 20.6. The molecule has 0 saturated heterocycles. The summed E-state index contributed by atoms with van der Waals surface area (Å²) in [6.07, 6.45) is -5.97. The van der Waals surface area contributed by atoms with Crippen LogP contribution in [0.25, 0.3) is 33.7 Å². The van der Waals surface area contributed by atoms with Crippen molar-refractivity contribution in [2.24, 2.45) is 0 Å². The van der Waals surface area contributed by atoms with Gasteiger partial charge in [-0.3, -0.25) is 0 Å². The van der Waals surface area contributed by atoms with Crippen LogP contribution >= 0.6 is 0 Å². The first kappa shape index (κ1) is 18.9. The number of alkyl halides is 5. The van der Waals surface area contributed by atoms with Crippen molar-refractivity contribution in [3.63, 3.8) is 0 Å². The number of rotatable bonds is 5. The van der Waals surface area contributed by atoms with Crippen molar-refractivity contribution in [1.82, 2.24) is 15.1 Å². The zero-order valence-electron chi connectivity index (χ0n) is 14.5. The molecule has 0 aliphatic carbocycles. The Labute approximate surface area is 160 Å². The molecule has 5 nitrogen and oxygen atoms in total. The number of aromatic nitrogens is 3. The average Bonchev–Trinajstić information content (AvgIpc) is 3.34. The highest BCUT2D eigenvalue weighted by atomic mass is 19.4. The minimum absolute atomic E-state index is 0.0123. The van der Waals surface area contributed by atoms with Crippen LogP contribution in [0.4, 0.5) is 22.0 Å². The molecule has 2 aromatic heterocycles. The lowest BCUT2D eigenvalue weighted by Gasteiger charge is -2.14. The Hall–Kier alpha value is -3.43. The summed E-state index contributed by atoms with van der Waals surface area (Å²) in [5.74, 6) is -0.631. The molecular weight excluding hydrogens is 397 g/mol. The summed E-state index contributed by atoms with van der Waals surface area (Å²) in [6.45, 7) is -1.15. The van der Waals surface area contributed by atoms with Gasteiger partial charge in [-0.1, -0.05) is 17.3 Å². The van der Waals surface area contributed by atoms with Crippen molar-refractivity contribution in [1.29, 1.82) is 0 Å². The molecule has 0 aliphatic heterocycles. The summed E-state index contributed by atoms with van der Waals surface area (Å²) in [5.41, 5.74) is 0.269. The van der Waals surface area contributed by atoms with Gasteiger partial charge in [0.1, 0.15) is 12.4 Å². The molecule has 4 aromatic rings. The van der Waals surface area contributed by atoms with Gasteiger partial charge in [0.05, 0.1) is 5.56 Å². The van der Waals surface area contributed by atoms with Crippen LogP contribution in [-0.4, -0.2) is 28.2 Å². The van der Waals surface area contributed by atoms with Gasteiger partial charge in [-0.2, -0.15) is 18.2 Å². The van der Waals surface area contributed by atoms with Crippen molar-refractivity contribution in [3.8, 4) is 28.6 Å². The molecule has 0 unspecified atom stereocenters. The van der Waals surface area contributed by atoms with Crippen LogP contribution < -0.4 is 4.74 Å². The quantitative estimate of drug-likeness (QED) is 0.439. The second kappa shape index (κ2) is 7.19. The number of hydrogen-bond donors (Lipinski definition) is 1. The molecule has 2 aromatic carbocycles. The number of H-pyrrole nitrogens is 1. The van der Waals surface area contributed by atoms with E-state index in [0.717, 1.165) is 23.0 Å². The van der Waals surface area contributed by atoms with E-state index in [2.05, 4.69) is 19.9 Å². The molecule has 0 fully saturated rings. The minimum atomic E-state index is -4.81. The van der Waals surface area contributed by atoms with Gasteiger partial charge >= 0.3 is 6.18 Å². The number of hydrogen-bond acceptors (Lipinski definition) is 4. The number of benzene rings is 2. The van der Waals surface area contributed by atoms with Crippen LogP contribution in [0, 0.1) is 0 Å². The average molecular weight is 409 g/mol. The minimum Gasteiger partial charge on any atom is -0.487 e. The molecule has 4 rings (SSSR count). The second-order valence-corrected chi connectivity index (χ2v) is 6.08. The Bertz CT molecular complexity index is 1150. The first-order valence-electron chi connectivity index (χ1n) is 8.35. The Morgan fingerprint density at radius 3 is 2.69 bits per heavy atom. The molecule has 1 N–H and O–H groups in total. The summed E-state index contributed by atoms with van der Waals surface area (Å²) in [6, 6.07) is 10.1. The van der Waals surface area contributed by atoms with Gasteiger partial charge in [-0.25, -0.2) is 8.78 Å². The number of fused-ring (bicyclic) bond motifs is 1. The fourth-order valence-electron chi connectivity index (χ4n) is 2.89. The third-order valence-corrected chi connectivity index (χ3v) is 4.16. The zero-order valence-corrected chi connectivity index (χ0v) is 14.5. The van der Waals surface area contributed by atoms with Crippen molar-refractivity contribution in [2.75, 3.05) is 6.61 Å². The van der Waals surface area contributed by atoms with E-state index in [1.807, 2.05) is 12.1 Å². The standard InChI is InChI=1S/C19H12F5N3O2/c20-16(21)9-28-15-5-4-10(8-13(15)19(22,23)24)18-26-17(27-29-18)12-2-1-3-14-11(12)6-7-25-14/h1-8,16,25H,9H2. The topological polar surface area (TPSA) is 63.9 Å². The van der Waals surface area contributed by atoms with E-state index in [0.29, 0.717) is 5.56 Å². The van der Waals surface area contributed by atoms with E-state index >= 15 is 0 Å². The van der Waals surface area contributed by atoms with Crippen LogP contribution in [0.3, 0.4) is 0 Å². The third kappa shape index (κ3) is 3.78. The summed E-state index contributed by atoms with van der Waals surface area (Å²) in [5, 5.41) is 4.68. The summed E-state index contributed by atoms with van der Waals surface area (Å²) in [7, 11) is 0. The molecule has 0 radical (unpaired) electrons. The molecule has 0 saturated carbocycles. The molecule has 150 valence electrons. The number of aromatic amines is 1. The fourth-order valence-corrected chi connectivity index (χ4v) is 2.89. The van der Waals surface area contributed by atoms with E-state index in [1.165, 1.54) is 6.07 Å². The Morgan fingerprint density at radius 1 is 1.10 bits per heavy atom. The van der Waals surface area contributed by atoms with Gasteiger partial charge in [0.2, 0.25) is 5.82 Å². The fraction of sp³-hybridized carbons (Fsp3) is 0.158. The van der Waals surface area contributed by atoms with Crippen LogP contribution in [0.5, 0.6) is 5.75 Å². The lowest BCUT2D eigenvalue weighted by Crippen LogP contribution is -2.13. The van der Waals surface area contributed by atoms with Gasteiger partial charge in [-0.05, 0) is 30.3 Å². The monoisotopic (exact) mass is 409 g/mol. The molecular formula is C19H12F5N3O2. The lowest BCUT2D eigenvalue weighted by atomic mass is 10.1. The van der Waals surface area contributed by atoms with Crippen molar-refractivity contribution < 1.29 is 31.2 Å².